The predicted octanol–water partition coefficient (Wildman–Crippen LogP) is 2.48. The van der Waals surface area contributed by atoms with Crippen molar-refractivity contribution in [1.29, 1.82) is 0 Å². The number of aldehydes is 1. The van der Waals surface area contributed by atoms with Gasteiger partial charge in [0.2, 0.25) is 0 Å². The Balaban J connectivity index is 2.02. The first kappa shape index (κ1) is 13.2. The Kier molecular flexibility index (Phi) is 4.26. The van der Waals surface area contributed by atoms with Gasteiger partial charge < -0.3 is 9.15 Å². The summed E-state index contributed by atoms with van der Waals surface area (Å²) in [6.45, 7) is 2.14. The fourth-order valence-electron chi connectivity index (χ4n) is 1.65. The number of hydrogen-bond acceptors (Lipinski definition) is 4. The van der Waals surface area contributed by atoms with Crippen molar-refractivity contribution in [1.82, 2.24) is 0 Å². The lowest BCUT2D eigenvalue weighted by Crippen LogP contribution is -2.09. The normalized spacial score (nSPS) is 10.4. The van der Waals surface area contributed by atoms with Crippen LogP contribution in [0.15, 0.2) is 45.6 Å². The molecule has 0 saturated heterocycles. The molecule has 0 aliphatic carbocycles. The number of rotatable bonds is 5. The van der Waals surface area contributed by atoms with Crippen LogP contribution in [-0.2, 0) is 18.0 Å². The van der Waals surface area contributed by atoms with E-state index < -0.39 is 0 Å². The molecule has 2 aromatic rings. The molecule has 0 bridgehead atoms. The lowest BCUT2D eigenvalue weighted by molar-refractivity contribution is 0.0889. The molecule has 0 aliphatic heterocycles. The fraction of sp³-hybridized carbons (Fsp3) is 0.200. The molecule has 0 fully saturated rings. The third-order valence-electron chi connectivity index (χ3n) is 2.74. The van der Waals surface area contributed by atoms with Gasteiger partial charge in [0.15, 0.2) is 17.5 Å². The van der Waals surface area contributed by atoms with Crippen LogP contribution in [0.1, 0.15) is 27.4 Å². The fourth-order valence-corrected chi connectivity index (χ4v) is 1.65. The zero-order valence-corrected chi connectivity index (χ0v) is 10.6. The second-order valence-electron chi connectivity index (χ2n) is 4.16. The third kappa shape index (κ3) is 3.39. The topological polar surface area (TPSA) is 56.5 Å². The van der Waals surface area contributed by atoms with Crippen molar-refractivity contribution in [3.63, 3.8) is 0 Å². The molecule has 0 unspecified atom stereocenters. The van der Waals surface area contributed by atoms with Crippen LogP contribution in [0, 0.1) is 6.92 Å². The Bertz CT molecular complexity index is 614. The van der Waals surface area contributed by atoms with Gasteiger partial charge in [-0.1, -0.05) is 30.3 Å². The molecule has 0 amide bonds. The Hall–Kier alpha value is -2.20. The van der Waals surface area contributed by atoms with E-state index in [-0.39, 0.29) is 17.8 Å². The van der Waals surface area contributed by atoms with Crippen molar-refractivity contribution in [3.8, 4) is 0 Å². The van der Waals surface area contributed by atoms with E-state index in [0.29, 0.717) is 24.2 Å². The van der Waals surface area contributed by atoms with Gasteiger partial charge in [-0.05, 0) is 12.5 Å². The number of ether oxygens (including phenoxy) is 1. The molecule has 0 radical (unpaired) electrons. The lowest BCUT2D eigenvalue weighted by Gasteiger charge is -2.05. The van der Waals surface area contributed by atoms with Gasteiger partial charge in [0.1, 0.15) is 12.4 Å². The molecule has 0 atom stereocenters. The van der Waals surface area contributed by atoms with E-state index in [4.69, 9.17) is 9.15 Å². The Labute approximate surface area is 110 Å². The molecule has 0 saturated carbocycles. The SMILES string of the molecule is Cc1c(C=O)oc(COCc2ccccc2)cc1=O. The first-order chi connectivity index (χ1) is 9.20. The highest BCUT2D eigenvalue weighted by atomic mass is 16.5. The Morgan fingerprint density at radius 2 is 1.95 bits per heavy atom. The maximum absolute atomic E-state index is 11.6. The molecule has 98 valence electrons. The summed E-state index contributed by atoms with van der Waals surface area (Å²) in [6, 6.07) is 11.0. The molecule has 4 heteroatoms. The summed E-state index contributed by atoms with van der Waals surface area (Å²) in [5, 5.41) is 0. The molecule has 1 heterocycles. The molecular formula is C15H14O4. The van der Waals surface area contributed by atoms with E-state index in [1.54, 1.807) is 6.92 Å². The van der Waals surface area contributed by atoms with Crippen LogP contribution in [0.5, 0.6) is 0 Å². The third-order valence-corrected chi connectivity index (χ3v) is 2.74. The van der Waals surface area contributed by atoms with Gasteiger partial charge in [-0.25, -0.2) is 0 Å². The predicted molar refractivity (Wildman–Crippen MR) is 70.0 cm³/mol. The van der Waals surface area contributed by atoms with Gasteiger partial charge in [0.05, 0.1) is 6.61 Å². The van der Waals surface area contributed by atoms with Crippen molar-refractivity contribution in [2.45, 2.75) is 20.1 Å². The largest absolute Gasteiger partial charge is 0.455 e. The van der Waals surface area contributed by atoms with E-state index in [1.807, 2.05) is 30.3 Å². The van der Waals surface area contributed by atoms with E-state index in [2.05, 4.69) is 0 Å². The number of benzene rings is 1. The second kappa shape index (κ2) is 6.11. The summed E-state index contributed by atoms with van der Waals surface area (Å²) in [7, 11) is 0. The zero-order valence-electron chi connectivity index (χ0n) is 10.6. The molecule has 4 nitrogen and oxygen atoms in total. The Morgan fingerprint density at radius 3 is 2.63 bits per heavy atom. The average molecular weight is 258 g/mol. The standard InChI is InChI=1S/C15H14O4/c1-11-14(17)7-13(19-15(11)8-16)10-18-9-12-5-3-2-4-6-12/h2-8H,9-10H2,1H3. The molecule has 0 N–H and O–H groups in total. The summed E-state index contributed by atoms with van der Waals surface area (Å²) in [5.74, 6) is 0.416. The smallest absolute Gasteiger partial charge is 0.188 e. The quantitative estimate of drug-likeness (QED) is 0.773. The molecule has 0 aliphatic rings. The van der Waals surface area contributed by atoms with Crippen molar-refractivity contribution in [2.75, 3.05) is 0 Å². The van der Waals surface area contributed by atoms with Crippen LogP contribution in [0.2, 0.25) is 0 Å². The Morgan fingerprint density at radius 1 is 1.21 bits per heavy atom. The minimum atomic E-state index is -0.216. The minimum Gasteiger partial charge on any atom is -0.455 e. The zero-order chi connectivity index (χ0) is 13.7. The van der Waals surface area contributed by atoms with Gasteiger partial charge in [-0.3, -0.25) is 9.59 Å². The number of carbonyl (C=O) groups excluding carboxylic acids is 1. The molecule has 1 aromatic carbocycles. The summed E-state index contributed by atoms with van der Waals surface area (Å²) >= 11 is 0. The van der Waals surface area contributed by atoms with Crippen LogP contribution in [0.25, 0.3) is 0 Å². The van der Waals surface area contributed by atoms with Crippen molar-refractivity contribution in [2.24, 2.45) is 0 Å². The monoisotopic (exact) mass is 258 g/mol. The highest BCUT2D eigenvalue weighted by molar-refractivity contribution is 5.72. The number of hydrogen-bond donors (Lipinski definition) is 0. The molecule has 0 spiro atoms. The highest BCUT2D eigenvalue weighted by Gasteiger charge is 2.07. The molecule has 1 aromatic heterocycles. The van der Waals surface area contributed by atoms with Crippen LogP contribution in [0.3, 0.4) is 0 Å². The summed E-state index contributed by atoms with van der Waals surface area (Å²) in [5.41, 5.74) is 1.14. The van der Waals surface area contributed by atoms with Crippen LogP contribution in [-0.4, -0.2) is 6.29 Å². The van der Waals surface area contributed by atoms with Crippen molar-refractivity contribution in [3.05, 3.63) is 69.3 Å². The first-order valence-corrected chi connectivity index (χ1v) is 5.91. The second-order valence-corrected chi connectivity index (χ2v) is 4.16. The first-order valence-electron chi connectivity index (χ1n) is 5.91. The summed E-state index contributed by atoms with van der Waals surface area (Å²) in [6.07, 6.45) is 0.539. The molecule has 2 rings (SSSR count). The maximum Gasteiger partial charge on any atom is 0.188 e. The van der Waals surface area contributed by atoms with Gasteiger partial charge in [-0.15, -0.1) is 0 Å². The summed E-state index contributed by atoms with van der Waals surface area (Å²) < 4.78 is 10.7. The van der Waals surface area contributed by atoms with Gasteiger partial charge in [-0.2, -0.15) is 0 Å². The van der Waals surface area contributed by atoms with Crippen LogP contribution < -0.4 is 5.43 Å². The highest BCUT2D eigenvalue weighted by Crippen LogP contribution is 2.08. The van der Waals surface area contributed by atoms with E-state index in [1.165, 1.54) is 6.07 Å². The maximum atomic E-state index is 11.6. The van der Waals surface area contributed by atoms with Crippen LogP contribution >= 0.6 is 0 Å². The van der Waals surface area contributed by atoms with E-state index in [9.17, 15) is 9.59 Å². The molecule has 19 heavy (non-hydrogen) atoms. The van der Waals surface area contributed by atoms with E-state index >= 15 is 0 Å². The number of carbonyl (C=O) groups is 1. The summed E-state index contributed by atoms with van der Waals surface area (Å²) in [4.78, 5) is 22.3. The van der Waals surface area contributed by atoms with Crippen molar-refractivity contribution < 1.29 is 13.9 Å². The lowest BCUT2D eigenvalue weighted by atomic mass is 10.2. The van der Waals surface area contributed by atoms with E-state index in [0.717, 1.165) is 5.56 Å². The van der Waals surface area contributed by atoms with Crippen LogP contribution in [0.4, 0.5) is 0 Å². The van der Waals surface area contributed by atoms with Gasteiger partial charge in [0.25, 0.3) is 0 Å². The minimum absolute atomic E-state index is 0.0609. The average Bonchev–Trinajstić information content (AvgIpc) is 2.43. The van der Waals surface area contributed by atoms with Gasteiger partial charge >= 0.3 is 0 Å². The molecular weight excluding hydrogens is 244 g/mol. The van der Waals surface area contributed by atoms with Crippen molar-refractivity contribution >= 4 is 6.29 Å². The van der Waals surface area contributed by atoms with Gasteiger partial charge in [0, 0.05) is 11.6 Å².